The normalized spacial score (nSPS) is 25.3. The highest BCUT2D eigenvalue weighted by Crippen LogP contribution is 2.27. The summed E-state index contributed by atoms with van der Waals surface area (Å²) in [6, 6.07) is 3.93. The average molecular weight is 318 g/mol. The Morgan fingerprint density at radius 2 is 2.00 bits per heavy atom. The third kappa shape index (κ3) is 3.71. The van der Waals surface area contributed by atoms with Crippen LogP contribution >= 0.6 is 0 Å². The van der Waals surface area contributed by atoms with Gasteiger partial charge in [-0.1, -0.05) is 0 Å². The Kier molecular flexibility index (Phi) is 5.25. The first-order valence-corrected chi connectivity index (χ1v) is 8.50. The van der Waals surface area contributed by atoms with Gasteiger partial charge in [0.2, 0.25) is 5.91 Å². The van der Waals surface area contributed by atoms with Gasteiger partial charge in [0.15, 0.2) is 0 Å². The quantitative estimate of drug-likeness (QED) is 0.844. The molecule has 2 aliphatic heterocycles. The van der Waals surface area contributed by atoms with Gasteiger partial charge in [0, 0.05) is 51.2 Å². The van der Waals surface area contributed by atoms with Crippen LogP contribution in [0.5, 0.6) is 0 Å². The molecule has 2 atom stereocenters. The van der Waals surface area contributed by atoms with Gasteiger partial charge in [-0.15, -0.1) is 0 Å². The number of aliphatic hydroxyl groups excluding tert-OH is 1. The van der Waals surface area contributed by atoms with Crippen molar-refractivity contribution in [1.29, 1.82) is 0 Å². The molecule has 1 amide bonds. The molecule has 0 spiro atoms. The van der Waals surface area contributed by atoms with Gasteiger partial charge in [0.05, 0.1) is 6.10 Å². The number of hydrogen-bond donors (Lipinski definition) is 2. The highest BCUT2D eigenvalue weighted by Gasteiger charge is 2.36. The maximum atomic E-state index is 13.2. The van der Waals surface area contributed by atoms with Gasteiger partial charge >= 0.3 is 0 Å². The highest BCUT2D eigenvalue weighted by atomic mass is 16.3. The second kappa shape index (κ2) is 7.38. The lowest BCUT2D eigenvalue weighted by Crippen LogP contribution is -2.55. The Morgan fingerprint density at radius 1 is 1.30 bits per heavy atom. The molecule has 3 rings (SSSR count). The average Bonchev–Trinajstić information content (AvgIpc) is 2.58. The van der Waals surface area contributed by atoms with E-state index in [2.05, 4.69) is 22.1 Å². The van der Waals surface area contributed by atoms with Gasteiger partial charge in [-0.2, -0.15) is 0 Å². The van der Waals surface area contributed by atoms with Crippen LogP contribution in [0.1, 0.15) is 31.4 Å². The van der Waals surface area contributed by atoms with Gasteiger partial charge in [0.25, 0.3) is 0 Å². The molecule has 1 aromatic rings. The van der Waals surface area contributed by atoms with Gasteiger partial charge in [-0.05, 0) is 37.5 Å². The number of piperidine rings is 1. The Labute approximate surface area is 137 Å². The predicted octanol–water partition coefficient (Wildman–Crippen LogP) is 0.400. The fraction of sp³-hybridized carbons (Fsp3) is 0.647. The molecule has 0 aliphatic carbocycles. The number of nitrogens with one attached hydrogen (secondary N) is 1. The second-order valence-corrected chi connectivity index (χ2v) is 6.53. The predicted molar refractivity (Wildman–Crippen MR) is 87.8 cm³/mol. The summed E-state index contributed by atoms with van der Waals surface area (Å²) in [5, 5.41) is 13.1. The van der Waals surface area contributed by atoms with Crippen molar-refractivity contribution in [3.63, 3.8) is 0 Å². The van der Waals surface area contributed by atoms with Crippen molar-refractivity contribution in [2.45, 2.75) is 38.0 Å². The van der Waals surface area contributed by atoms with E-state index in [0.29, 0.717) is 32.0 Å². The van der Waals surface area contributed by atoms with E-state index in [4.69, 9.17) is 0 Å². The number of nitrogens with zero attached hydrogens (tertiary/aromatic N) is 3. The van der Waals surface area contributed by atoms with E-state index in [1.165, 1.54) is 0 Å². The van der Waals surface area contributed by atoms with Crippen molar-refractivity contribution in [3.05, 3.63) is 30.1 Å². The number of carbonyl (C=O) groups excluding carboxylic acids is 1. The number of aromatic nitrogens is 1. The zero-order chi connectivity index (χ0) is 16.2. The number of carbonyl (C=O) groups is 1. The number of piperazine rings is 1. The van der Waals surface area contributed by atoms with Crippen molar-refractivity contribution in [2.75, 3.05) is 32.7 Å². The van der Waals surface area contributed by atoms with Gasteiger partial charge in [-0.3, -0.25) is 14.7 Å². The number of pyridine rings is 1. The molecule has 6 heteroatoms. The van der Waals surface area contributed by atoms with Crippen LogP contribution in [-0.2, 0) is 4.79 Å². The van der Waals surface area contributed by atoms with Crippen molar-refractivity contribution in [1.82, 2.24) is 20.1 Å². The fourth-order valence-electron chi connectivity index (χ4n) is 3.52. The van der Waals surface area contributed by atoms with Crippen molar-refractivity contribution in [3.8, 4) is 0 Å². The molecule has 2 unspecified atom stereocenters. The second-order valence-electron chi connectivity index (χ2n) is 6.53. The van der Waals surface area contributed by atoms with Crippen molar-refractivity contribution >= 4 is 5.91 Å². The number of amides is 1. The lowest BCUT2D eigenvalue weighted by molar-refractivity contribution is -0.140. The van der Waals surface area contributed by atoms with Crippen LogP contribution in [0.15, 0.2) is 24.5 Å². The van der Waals surface area contributed by atoms with Crippen LogP contribution in [0.2, 0.25) is 0 Å². The van der Waals surface area contributed by atoms with E-state index >= 15 is 0 Å². The molecule has 1 aromatic heterocycles. The topological polar surface area (TPSA) is 68.7 Å². The van der Waals surface area contributed by atoms with Gasteiger partial charge in [-0.25, -0.2) is 0 Å². The standard InChI is InChI=1S/C17H26N4O2/c1-13-12-19-8-11-21(13)16(14-2-6-18-7-3-14)17(23)20-9-4-15(22)5-10-20/h2-3,6-7,13,15-16,19,22H,4-5,8-12H2,1H3. The molecular formula is C17H26N4O2. The first-order chi connectivity index (χ1) is 11.2. The molecule has 23 heavy (non-hydrogen) atoms. The summed E-state index contributed by atoms with van der Waals surface area (Å²) >= 11 is 0. The monoisotopic (exact) mass is 318 g/mol. The smallest absolute Gasteiger partial charge is 0.244 e. The number of hydrogen-bond acceptors (Lipinski definition) is 5. The minimum Gasteiger partial charge on any atom is -0.393 e. The van der Waals surface area contributed by atoms with Crippen molar-refractivity contribution < 1.29 is 9.90 Å². The first kappa shape index (κ1) is 16.4. The Morgan fingerprint density at radius 3 is 2.65 bits per heavy atom. The largest absolute Gasteiger partial charge is 0.393 e. The number of rotatable bonds is 3. The molecule has 3 heterocycles. The maximum Gasteiger partial charge on any atom is 0.244 e. The van der Waals surface area contributed by atoms with Crippen LogP contribution in [0.4, 0.5) is 0 Å². The van der Waals surface area contributed by atoms with Crippen LogP contribution < -0.4 is 5.32 Å². The Hall–Kier alpha value is -1.50. The fourth-order valence-corrected chi connectivity index (χ4v) is 3.52. The van der Waals surface area contributed by atoms with Crippen LogP contribution in [-0.4, -0.2) is 70.7 Å². The molecule has 6 nitrogen and oxygen atoms in total. The van der Waals surface area contributed by atoms with E-state index in [1.54, 1.807) is 12.4 Å². The Balaban J connectivity index is 1.84. The highest BCUT2D eigenvalue weighted by molar-refractivity contribution is 5.83. The summed E-state index contributed by atoms with van der Waals surface area (Å²) in [5.74, 6) is 0.150. The third-order valence-electron chi connectivity index (χ3n) is 4.92. The summed E-state index contributed by atoms with van der Waals surface area (Å²) in [5.41, 5.74) is 1.00. The Bertz CT molecular complexity index is 517. The summed E-state index contributed by atoms with van der Waals surface area (Å²) < 4.78 is 0. The molecule has 2 fully saturated rings. The lowest BCUT2D eigenvalue weighted by Gasteiger charge is -2.42. The summed E-state index contributed by atoms with van der Waals surface area (Å²) in [6.45, 7) is 6.10. The summed E-state index contributed by atoms with van der Waals surface area (Å²) in [6.07, 6.45) is 4.58. The molecule has 0 bridgehead atoms. The van der Waals surface area contributed by atoms with Crippen LogP contribution in [0.25, 0.3) is 0 Å². The molecule has 2 saturated heterocycles. The maximum absolute atomic E-state index is 13.2. The molecule has 126 valence electrons. The summed E-state index contributed by atoms with van der Waals surface area (Å²) in [4.78, 5) is 21.5. The van der Waals surface area contributed by atoms with Crippen LogP contribution in [0, 0.1) is 0 Å². The van der Waals surface area contributed by atoms with Crippen LogP contribution in [0.3, 0.4) is 0 Å². The van der Waals surface area contributed by atoms with Gasteiger partial charge in [0.1, 0.15) is 6.04 Å². The number of likely N-dealkylation sites (tertiary alicyclic amines) is 1. The van der Waals surface area contributed by atoms with E-state index in [1.807, 2.05) is 17.0 Å². The third-order valence-corrected chi connectivity index (χ3v) is 4.92. The molecule has 2 N–H and O–H groups in total. The zero-order valence-corrected chi connectivity index (χ0v) is 13.7. The lowest BCUT2D eigenvalue weighted by atomic mass is 10.00. The van der Waals surface area contributed by atoms with E-state index in [-0.39, 0.29) is 18.1 Å². The SMILES string of the molecule is CC1CNCCN1C(C(=O)N1CCC(O)CC1)c1ccncc1. The van der Waals surface area contributed by atoms with E-state index in [0.717, 1.165) is 25.2 Å². The summed E-state index contributed by atoms with van der Waals surface area (Å²) in [7, 11) is 0. The van der Waals surface area contributed by atoms with Crippen molar-refractivity contribution in [2.24, 2.45) is 0 Å². The molecule has 0 saturated carbocycles. The van der Waals surface area contributed by atoms with Gasteiger partial charge < -0.3 is 15.3 Å². The molecule has 2 aliphatic rings. The minimum absolute atomic E-state index is 0.150. The number of aliphatic hydroxyl groups is 1. The zero-order valence-electron chi connectivity index (χ0n) is 13.7. The molecular weight excluding hydrogens is 292 g/mol. The first-order valence-electron chi connectivity index (χ1n) is 8.50. The van der Waals surface area contributed by atoms with E-state index in [9.17, 15) is 9.90 Å². The molecule has 0 aromatic carbocycles. The molecule has 0 radical (unpaired) electrons. The van der Waals surface area contributed by atoms with E-state index < -0.39 is 0 Å². The minimum atomic E-state index is -0.267.